The van der Waals surface area contributed by atoms with Crippen molar-refractivity contribution in [1.29, 1.82) is 0 Å². The Morgan fingerprint density at radius 1 is 1.14 bits per heavy atom. The van der Waals surface area contributed by atoms with Crippen molar-refractivity contribution in [2.45, 2.75) is 19.0 Å². The van der Waals surface area contributed by atoms with Gasteiger partial charge in [-0.25, -0.2) is 4.39 Å². The van der Waals surface area contributed by atoms with Gasteiger partial charge in [-0.1, -0.05) is 18.2 Å². The summed E-state index contributed by atoms with van der Waals surface area (Å²) in [6.45, 7) is 1.70. The van der Waals surface area contributed by atoms with Crippen molar-refractivity contribution < 1.29 is 27.2 Å². The van der Waals surface area contributed by atoms with E-state index in [0.29, 0.717) is 5.56 Å². The molecule has 28 heavy (non-hydrogen) atoms. The van der Waals surface area contributed by atoms with Gasteiger partial charge < -0.3 is 10.2 Å². The maximum absolute atomic E-state index is 13.7. The van der Waals surface area contributed by atoms with Crippen LogP contribution in [0.1, 0.15) is 22.6 Å². The fourth-order valence-electron chi connectivity index (χ4n) is 3.37. The summed E-state index contributed by atoms with van der Waals surface area (Å²) in [5, 5.41) is 2.57. The van der Waals surface area contributed by atoms with Crippen LogP contribution < -0.4 is 5.32 Å². The van der Waals surface area contributed by atoms with Gasteiger partial charge in [0, 0.05) is 30.8 Å². The zero-order chi connectivity index (χ0) is 20.6. The molecule has 0 unspecified atom stereocenters. The molecule has 2 aromatic rings. The summed E-state index contributed by atoms with van der Waals surface area (Å²) in [7, 11) is 1.53. The second kappa shape index (κ2) is 7.26. The Morgan fingerprint density at radius 3 is 2.39 bits per heavy atom. The molecule has 1 aliphatic rings. The quantitative estimate of drug-likeness (QED) is 0.633. The van der Waals surface area contributed by atoms with Crippen molar-refractivity contribution in [1.82, 2.24) is 4.90 Å². The summed E-state index contributed by atoms with van der Waals surface area (Å²) in [6.07, 6.45) is -4.47. The predicted octanol–water partition coefficient (Wildman–Crippen LogP) is 3.96. The lowest BCUT2D eigenvalue weighted by molar-refractivity contribution is -0.138. The molecule has 0 aliphatic carbocycles. The van der Waals surface area contributed by atoms with E-state index in [-0.39, 0.29) is 17.8 Å². The van der Waals surface area contributed by atoms with Crippen molar-refractivity contribution in [3.63, 3.8) is 0 Å². The first kappa shape index (κ1) is 19.9. The van der Waals surface area contributed by atoms with Gasteiger partial charge in [0.1, 0.15) is 11.7 Å². The predicted molar refractivity (Wildman–Crippen MR) is 95.1 cm³/mol. The number of anilines is 1. The Labute approximate surface area is 159 Å². The van der Waals surface area contributed by atoms with Crippen LogP contribution >= 0.6 is 0 Å². The molecule has 2 atom stereocenters. The molecule has 148 valence electrons. The lowest BCUT2D eigenvalue weighted by atomic mass is 9.87. The number of hydrogen-bond donors (Lipinski definition) is 1. The monoisotopic (exact) mass is 394 g/mol. The van der Waals surface area contributed by atoms with Crippen molar-refractivity contribution in [3.8, 4) is 0 Å². The van der Waals surface area contributed by atoms with Gasteiger partial charge in [0.15, 0.2) is 0 Å². The number of amides is 2. The average Bonchev–Trinajstić information content (AvgIpc) is 2.93. The number of nitrogens with one attached hydrogen (secondary N) is 1. The Bertz CT molecular complexity index is 909. The number of benzene rings is 2. The molecular weight excluding hydrogens is 376 g/mol. The van der Waals surface area contributed by atoms with E-state index in [9.17, 15) is 27.2 Å². The Kier molecular flexibility index (Phi) is 5.14. The number of rotatable bonds is 3. The molecule has 1 saturated heterocycles. The third-order valence-corrected chi connectivity index (χ3v) is 4.99. The number of carbonyl (C=O) groups excluding carboxylic acids is 2. The number of likely N-dealkylation sites (N-methyl/N-ethyl adjacent to an activating group) is 1. The minimum atomic E-state index is -4.47. The van der Waals surface area contributed by atoms with Crippen LogP contribution in [0.4, 0.5) is 23.2 Å². The molecule has 4 nitrogen and oxygen atoms in total. The summed E-state index contributed by atoms with van der Waals surface area (Å²) < 4.78 is 52.0. The van der Waals surface area contributed by atoms with Crippen LogP contribution in [0.3, 0.4) is 0 Å². The molecule has 0 radical (unpaired) electrons. The zero-order valence-electron chi connectivity index (χ0n) is 15.2. The van der Waals surface area contributed by atoms with E-state index >= 15 is 0 Å². The van der Waals surface area contributed by atoms with E-state index in [4.69, 9.17) is 0 Å². The van der Waals surface area contributed by atoms with E-state index in [1.165, 1.54) is 49.2 Å². The number of hydrogen-bond acceptors (Lipinski definition) is 2. The third-order valence-electron chi connectivity index (χ3n) is 4.99. The van der Waals surface area contributed by atoms with E-state index in [2.05, 4.69) is 5.32 Å². The first-order chi connectivity index (χ1) is 13.1. The normalized spacial score (nSPS) is 19.8. The number of likely N-dealkylation sites (tertiary alicyclic amines) is 1. The van der Waals surface area contributed by atoms with Gasteiger partial charge in [0.2, 0.25) is 11.8 Å². The molecule has 2 amide bonds. The molecule has 0 saturated carbocycles. The smallest absolute Gasteiger partial charge is 0.344 e. The summed E-state index contributed by atoms with van der Waals surface area (Å²) in [5.41, 5.74) is 0.145. The maximum atomic E-state index is 13.7. The van der Waals surface area contributed by atoms with Crippen LogP contribution in [-0.4, -0.2) is 30.3 Å². The summed E-state index contributed by atoms with van der Waals surface area (Å²) in [5.74, 6) is -3.26. The highest BCUT2D eigenvalue weighted by atomic mass is 19.4. The lowest BCUT2D eigenvalue weighted by Gasteiger charge is -2.18. The van der Waals surface area contributed by atoms with Crippen LogP contribution in [0, 0.1) is 18.7 Å². The van der Waals surface area contributed by atoms with Gasteiger partial charge in [-0.3, -0.25) is 9.59 Å². The Morgan fingerprint density at radius 2 is 1.79 bits per heavy atom. The molecule has 8 heteroatoms. The first-order valence-electron chi connectivity index (χ1n) is 8.57. The first-order valence-corrected chi connectivity index (χ1v) is 8.57. The molecule has 0 bridgehead atoms. The number of nitrogens with zero attached hydrogens (tertiary/aromatic N) is 1. The largest absolute Gasteiger partial charge is 0.416 e. The van der Waals surface area contributed by atoms with E-state index in [1.807, 2.05) is 0 Å². The second-order valence-electron chi connectivity index (χ2n) is 6.82. The highest BCUT2D eigenvalue weighted by Gasteiger charge is 2.44. The van der Waals surface area contributed by atoms with Gasteiger partial charge in [-0.05, 0) is 36.8 Å². The fourth-order valence-corrected chi connectivity index (χ4v) is 3.37. The minimum Gasteiger partial charge on any atom is -0.344 e. The number of carbonyl (C=O) groups is 2. The highest BCUT2D eigenvalue weighted by Crippen LogP contribution is 2.36. The SMILES string of the molecule is Cc1c(F)cccc1NC(=O)[C@H]1C(=O)N(C)C[C@@H]1c1ccc(C(F)(F)F)cc1. The van der Waals surface area contributed by atoms with Gasteiger partial charge in [0.25, 0.3) is 0 Å². The zero-order valence-corrected chi connectivity index (χ0v) is 15.2. The van der Waals surface area contributed by atoms with Gasteiger partial charge >= 0.3 is 6.18 Å². The Balaban J connectivity index is 1.88. The van der Waals surface area contributed by atoms with Crippen molar-refractivity contribution >= 4 is 17.5 Å². The van der Waals surface area contributed by atoms with Gasteiger partial charge in [0.05, 0.1) is 5.56 Å². The molecule has 1 N–H and O–H groups in total. The van der Waals surface area contributed by atoms with Crippen molar-refractivity contribution in [2.75, 3.05) is 18.9 Å². The van der Waals surface area contributed by atoms with Crippen molar-refractivity contribution in [3.05, 3.63) is 65.0 Å². The lowest BCUT2D eigenvalue weighted by Crippen LogP contribution is -2.33. The average molecular weight is 394 g/mol. The van der Waals surface area contributed by atoms with Crippen molar-refractivity contribution in [2.24, 2.45) is 5.92 Å². The molecule has 0 aromatic heterocycles. The molecular formula is C20H18F4N2O2. The van der Waals surface area contributed by atoms with E-state index in [0.717, 1.165) is 12.1 Å². The highest BCUT2D eigenvalue weighted by molar-refractivity contribution is 6.08. The van der Waals surface area contributed by atoms with Gasteiger partial charge in [-0.15, -0.1) is 0 Å². The topological polar surface area (TPSA) is 49.4 Å². The molecule has 1 fully saturated rings. The third kappa shape index (κ3) is 3.72. The molecule has 2 aromatic carbocycles. The molecule has 1 heterocycles. The molecule has 0 spiro atoms. The van der Waals surface area contributed by atoms with Crippen LogP contribution in [-0.2, 0) is 15.8 Å². The summed E-state index contributed by atoms with van der Waals surface area (Å²) in [4.78, 5) is 26.7. The summed E-state index contributed by atoms with van der Waals surface area (Å²) >= 11 is 0. The van der Waals surface area contributed by atoms with E-state index in [1.54, 1.807) is 0 Å². The number of alkyl halides is 3. The van der Waals surface area contributed by atoms with E-state index < -0.39 is 41.2 Å². The van der Waals surface area contributed by atoms with Crippen LogP contribution in [0.25, 0.3) is 0 Å². The second-order valence-corrected chi connectivity index (χ2v) is 6.82. The maximum Gasteiger partial charge on any atom is 0.416 e. The number of halogens is 4. The molecule has 1 aliphatic heterocycles. The standard InChI is InChI=1S/C20H18F4N2O2/c1-11-15(21)4-3-5-16(11)25-18(27)17-14(10-26(2)19(17)28)12-6-8-13(9-7-12)20(22,23)24/h3-9,14,17H,10H2,1-2H3,(H,25,27)/t14-,17+/m1/s1. The van der Waals surface area contributed by atoms with Crippen LogP contribution in [0.15, 0.2) is 42.5 Å². The Hall–Kier alpha value is -2.90. The van der Waals surface area contributed by atoms with Gasteiger partial charge in [-0.2, -0.15) is 13.2 Å². The van der Waals surface area contributed by atoms with Crippen LogP contribution in [0.2, 0.25) is 0 Å². The molecule has 3 rings (SSSR count). The van der Waals surface area contributed by atoms with Crippen LogP contribution in [0.5, 0.6) is 0 Å². The fraction of sp³-hybridized carbons (Fsp3) is 0.300. The summed E-state index contributed by atoms with van der Waals surface area (Å²) in [6, 6.07) is 8.65. The minimum absolute atomic E-state index is 0.199.